The fraction of sp³-hybridized carbons (Fsp3) is 0.263. The third-order valence-electron chi connectivity index (χ3n) is 4.26. The zero-order valence-electron chi connectivity index (χ0n) is 13.5. The quantitative estimate of drug-likeness (QED) is 0.866. The van der Waals surface area contributed by atoms with E-state index < -0.39 is 5.97 Å². The standard InChI is InChI=1S/C19H19NO3S/c1-13-4-2-3-5-17(13)24-12-18(21)20-9-8-14-6-7-15(19(22)23)10-16(14)11-20/h2-7,10H,8-9,11-12H2,1H3,(H,22,23). The Hall–Kier alpha value is -2.27. The van der Waals surface area contributed by atoms with Crippen molar-refractivity contribution >= 4 is 23.6 Å². The largest absolute Gasteiger partial charge is 0.478 e. The number of hydrogen-bond acceptors (Lipinski definition) is 3. The first-order chi connectivity index (χ1) is 11.5. The van der Waals surface area contributed by atoms with Gasteiger partial charge in [-0.25, -0.2) is 4.79 Å². The summed E-state index contributed by atoms with van der Waals surface area (Å²) >= 11 is 1.55. The molecule has 3 rings (SSSR count). The van der Waals surface area contributed by atoms with E-state index in [1.165, 1.54) is 5.56 Å². The van der Waals surface area contributed by atoms with Gasteiger partial charge in [0.25, 0.3) is 0 Å². The van der Waals surface area contributed by atoms with E-state index in [4.69, 9.17) is 5.11 Å². The molecule has 1 aliphatic heterocycles. The third kappa shape index (κ3) is 3.62. The van der Waals surface area contributed by atoms with Crippen molar-refractivity contribution in [3.8, 4) is 0 Å². The summed E-state index contributed by atoms with van der Waals surface area (Å²) in [6.07, 6.45) is 0.774. The number of amides is 1. The van der Waals surface area contributed by atoms with Crippen LogP contribution in [0.25, 0.3) is 0 Å². The lowest BCUT2D eigenvalue weighted by molar-refractivity contribution is -0.129. The molecule has 0 spiro atoms. The number of nitrogens with zero attached hydrogens (tertiary/aromatic N) is 1. The van der Waals surface area contributed by atoms with Crippen molar-refractivity contribution in [3.05, 3.63) is 64.7 Å². The molecular weight excluding hydrogens is 322 g/mol. The summed E-state index contributed by atoms with van der Waals surface area (Å²) in [7, 11) is 0. The van der Waals surface area contributed by atoms with Gasteiger partial charge in [0.1, 0.15) is 0 Å². The highest BCUT2D eigenvalue weighted by Crippen LogP contribution is 2.24. The molecule has 0 saturated carbocycles. The molecule has 1 N–H and O–H groups in total. The Balaban J connectivity index is 1.66. The molecule has 1 aliphatic rings. The first kappa shape index (κ1) is 16.6. The molecular formula is C19H19NO3S. The van der Waals surface area contributed by atoms with Gasteiger partial charge in [-0.15, -0.1) is 11.8 Å². The lowest BCUT2D eigenvalue weighted by Gasteiger charge is -2.29. The van der Waals surface area contributed by atoms with Crippen molar-refractivity contribution in [2.24, 2.45) is 0 Å². The number of fused-ring (bicyclic) bond motifs is 1. The van der Waals surface area contributed by atoms with Crippen LogP contribution < -0.4 is 0 Å². The van der Waals surface area contributed by atoms with Crippen LogP contribution in [0.4, 0.5) is 0 Å². The predicted octanol–water partition coefficient (Wildman–Crippen LogP) is 3.37. The van der Waals surface area contributed by atoms with E-state index in [2.05, 4.69) is 0 Å². The number of carboxylic acids is 1. The smallest absolute Gasteiger partial charge is 0.335 e. The summed E-state index contributed by atoms with van der Waals surface area (Å²) in [4.78, 5) is 26.5. The Morgan fingerprint density at radius 3 is 2.71 bits per heavy atom. The topological polar surface area (TPSA) is 57.6 Å². The van der Waals surface area contributed by atoms with Crippen LogP contribution in [0, 0.1) is 6.92 Å². The van der Waals surface area contributed by atoms with E-state index in [1.54, 1.807) is 23.9 Å². The number of thioether (sulfide) groups is 1. The fourth-order valence-electron chi connectivity index (χ4n) is 2.85. The van der Waals surface area contributed by atoms with Crippen molar-refractivity contribution in [3.63, 3.8) is 0 Å². The van der Waals surface area contributed by atoms with Crippen LogP contribution in [0.15, 0.2) is 47.4 Å². The van der Waals surface area contributed by atoms with Gasteiger partial charge in [0.05, 0.1) is 11.3 Å². The number of carbonyl (C=O) groups is 2. The van der Waals surface area contributed by atoms with Crippen LogP contribution in [0.5, 0.6) is 0 Å². The Kier molecular flexibility index (Phi) is 4.90. The molecule has 5 heteroatoms. The van der Waals surface area contributed by atoms with Gasteiger partial charge in [-0.05, 0) is 48.2 Å². The van der Waals surface area contributed by atoms with Gasteiger partial charge in [-0.3, -0.25) is 4.79 Å². The van der Waals surface area contributed by atoms with Crippen molar-refractivity contribution in [1.82, 2.24) is 4.90 Å². The maximum atomic E-state index is 12.5. The van der Waals surface area contributed by atoms with Crippen molar-refractivity contribution < 1.29 is 14.7 Å². The van der Waals surface area contributed by atoms with Gasteiger partial charge in [-0.2, -0.15) is 0 Å². The molecule has 2 aromatic carbocycles. The van der Waals surface area contributed by atoms with E-state index in [0.29, 0.717) is 18.8 Å². The minimum Gasteiger partial charge on any atom is -0.478 e. The number of aryl methyl sites for hydroxylation is 1. The monoisotopic (exact) mass is 341 g/mol. The van der Waals surface area contributed by atoms with Gasteiger partial charge >= 0.3 is 5.97 Å². The summed E-state index contributed by atoms with van der Waals surface area (Å²) in [6, 6.07) is 13.2. The summed E-state index contributed by atoms with van der Waals surface area (Å²) in [5.74, 6) is -0.440. The SMILES string of the molecule is Cc1ccccc1SCC(=O)N1CCc2ccc(C(=O)O)cc2C1. The molecule has 0 unspecified atom stereocenters. The van der Waals surface area contributed by atoms with Crippen LogP contribution >= 0.6 is 11.8 Å². The molecule has 0 fully saturated rings. The Bertz CT molecular complexity index is 788. The fourth-order valence-corrected chi connectivity index (χ4v) is 3.78. The maximum absolute atomic E-state index is 12.5. The van der Waals surface area contributed by atoms with Gasteiger partial charge in [0.15, 0.2) is 0 Å². The highest BCUT2D eigenvalue weighted by atomic mass is 32.2. The Labute approximate surface area is 145 Å². The molecule has 0 aliphatic carbocycles. The molecule has 2 aromatic rings. The molecule has 1 amide bonds. The number of hydrogen-bond donors (Lipinski definition) is 1. The number of carbonyl (C=O) groups excluding carboxylic acids is 1. The summed E-state index contributed by atoms with van der Waals surface area (Å²) in [6.45, 7) is 3.22. The van der Waals surface area contributed by atoms with Crippen LogP contribution in [0.2, 0.25) is 0 Å². The minimum atomic E-state index is -0.934. The highest BCUT2D eigenvalue weighted by Gasteiger charge is 2.21. The van der Waals surface area contributed by atoms with Crippen LogP contribution in [-0.4, -0.2) is 34.2 Å². The Morgan fingerprint density at radius 1 is 1.17 bits per heavy atom. The van der Waals surface area contributed by atoms with Crippen LogP contribution in [0.1, 0.15) is 27.0 Å². The van der Waals surface area contributed by atoms with E-state index in [-0.39, 0.29) is 11.5 Å². The molecule has 4 nitrogen and oxygen atoms in total. The van der Waals surface area contributed by atoms with E-state index in [1.807, 2.05) is 42.2 Å². The van der Waals surface area contributed by atoms with Crippen molar-refractivity contribution in [2.45, 2.75) is 24.8 Å². The molecule has 1 heterocycles. The number of rotatable bonds is 4. The zero-order valence-corrected chi connectivity index (χ0v) is 14.3. The molecule has 0 aromatic heterocycles. The first-order valence-electron chi connectivity index (χ1n) is 7.86. The average Bonchev–Trinajstić information content (AvgIpc) is 2.59. The van der Waals surface area contributed by atoms with Crippen molar-refractivity contribution in [1.29, 1.82) is 0 Å². The number of carboxylic acid groups (broad SMARTS) is 1. The van der Waals surface area contributed by atoms with E-state index in [0.717, 1.165) is 22.4 Å². The minimum absolute atomic E-state index is 0.0923. The molecule has 0 saturated heterocycles. The average molecular weight is 341 g/mol. The second-order valence-electron chi connectivity index (χ2n) is 5.91. The van der Waals surface area contributed by atoms with Gasteiger partial charge in [-0.1, -0.05) is 24.3 Å². The molecule has 0 atom stereocenters. The maximum Gasteiger partial charge on any atom is 0.335 e. The normalized spacial score (nSPS) is 13.5. The lowest BCUT2D eigenvalue weighted by Crippen LogP contribution is -2.37. The molecule has 24 heavy (non-hydrogen) atoms. The first-order valence-corrected chi connectivity index (χ1v) is 8.84. The van der Waals surface area contributed by atoms with E-state index >= 15 is 0 Å². The van der Waals surface area contributed by atoms with E-state index in [9.17, 15) is 9.59 Å². The number of aromatic carboxylic acids is 1. The molecule has 124 valence electrons. The number of benzene rings is 2. The van der Waals surface area contributed by atoms with Gasteiger partial charge in [0, 0.05) is 18.0 Å². The predicted molar refractivity (Wildman–Crippen MR) is 94.4 cm³/mol. The van der Waals surface area contributed by atoms with Gasteiger partial charge < -0.3 is 10.0 Å². The second kappa shape index (κ2) is 7.09. The van der Waals surface area contributed by atoms with Crippen LogP contribution in [-0.2, 0) is 17.8 Å². The highest BCUT2D eigenvalue weighted by molar-refractivity contribution is 8.00. The van der Waals surface area contributed by atoms with Crippen molar-refractivity contribution in [2.75, 3.05) is 12.3 Å². The molecule has 0 radical (unpaired) electrons. The summed E-state index contributed by atoms with van der Waals surface area (Å²) in [5, 5.41) is 9.11. The van der Waals surface area contributed by atoms with Gasteiger partial charge in [0.2, 0.25) is 5.91 Å². The molecule has 0 bridgehead atoms. The lowest BCUT2D eigenvalue weighted by atomic mass is 9.97. The second-order valence-corrected chi connectivity index (χ2v) is 6.93. The Morgan fingerprint density at radius 2 is 1.96 bits per heavy atom. The summed E-state index contributed by atoms with van der Waals surface area (Å²) in [5.41, 5.74) is 3.52. The third-order valence-corrected chi connectivity index (χ3v) is 5.42. The summed E-state index contributed by atoms with van der Waals surface area (Å²) < 4.78 is 0. The zero-order chi connectivity index (χ0) is 17.1. The van der Waals surface area contributed by atoms with Crippen LogP contribution in [0.3, 0.4) is 0 Å².